The zero-order valence-electron chi connectivity index (χ0n) is 17.1. The molecule has 0 radical (unpaired) electrons. The predicted molar refractivity (Wildman–Crippen MR) is 114 cm³/mol. The minimum atomic E-state index is 0.160. The third-order valence-electron chi connectivity index (χ3n) is 6.35. The van der Waals surface area contributed by atoms with Crippen LogP contribution in [0, 0.1) is 5.92 Å². The van der Waals surface area contributed by atoms with Gasteiger partial charge in [-0.1, -0.05) is 51.4 Å². The molecule has 2 aliphatic rings. The summed E-state index contributed by atoms with van der Waals surface area (Å²) in [6, 6.07) is 2.13. The number of H-pyrrole nitrogens is 1. The first kappa shape index (κ1) is 19.8. The molecule has 3 heterocycles. The van der Waals surface area contributed by atoms with Crippen molar-refractivity contribution in [3.63, 3.8) is 0 Å². The van der Waals surface area contributed by atoms with Crippen LogP contribution in [0.15, 0.2) is 31.0 Å². The molecule has 6 nitrogen and oxygen atoms in total. The number of hydrogen-bond acceptors (Lipinski definition) is 4. The third kappa shape index (κ3) is 4.74. The second-order valence-corrected chi connectivity index (χ2v) is 8.31. The molecule has 0 spiro atoms. The number of aromatic amines is 1. The van der Waals surface area contributed by atoms with Crippen molar-refractivity contribution in [1.82, 2.24) is 24.7 Å². The molecule has 3 aromatic rings. The van der Waals surface area contributed by atoms with E-state index in [4.69, 9.17) is 0 Å². The van der Waals surface area contributed by atoms with E-state index in [1.807, 2.05) is 29.3 Å². The van der Waals surface area contributed by atoms with E-state index in [0.29, 0.717) is 12.3 Å². The Balaban J connectivity index is 0.000000294. The van der Waals surface area contributed by atoms with Gasteiger partial charge in [-0.15, -0.1) is 0 Å². The van der Waals surface area contributed by atoms with E-state index >= 15 is 0 Å². The first-order chi connectivity index (χ1) is 14.4. The van der Waals surface area contributed by atoms with Gasteiger partial charge in [-0.3, -0.25) is 4.68 Å². The smallest absolute Gasteiger partial charge is 0.141 e. The van der Waals surface area contributed by atoms with E-state index in [0.717, 1.165) is 28.6 Å². The number of nitrogens with zero attached hydrogens (tertiary/aromatic N) is 4. The normalized spacial score (nSPS) is 18.3. The minimum Gasteiger partial charge on any atom is -0.346 e. The zero-order chi connectivity index (χ0) is 19.9. The minimum absolute atomic E-state index is 0.160. The molecule has 5 rings (SSSR count). The predicted octanol–water partition coefficient (Wildman–Crippen LogP) is 5.48. The molecule has 1 N–H and O–H groups in total. The lowest BCUT2D eigenvalue weighted by Gasteiger charge is -2.21. The fraction of sp³-hybridized carbons (Fsp3) is 0.565. The van der Waals surface area contributed by atoms with Crippen LogP contribution in [-0.4, -0.2) is 31.0 Å². The van der Waals surface area contributed by atoms with Crippen LogP contribution in [0.2, 0.25) is 0 Å². The van der Waals surface area contributed by atoms with Gasteiger partial charge in [-0.25, -0.2) is 9.97 Å². The van der Waals surface area contributed by atoms with Crippen LogP contribution in [0.4, 0.5) is 0 Å². The maximum atomic E-state index is 11.1. The van der Waals surface area contributed by atoms with Crippen LogP contribution in [0.5, 0.6) is 0 Å². The van der Waals surface area contributed by atoms with Crippen molar-refractivity contribution in [3.8, 4) is 11.3 Å². The van der Waals surface area contributed by atoms with Gasteiger partial charge in [0.25, 0.3) is 0 Å². The summed E-state index contributed by atoms with van der Waals surface area (Å²) in [6.45, 7) is 0. The summed E-state index contributed by atoms with van der Waals surface area (Å²) in [6.07, 6.45) is 22.7. The van der Waals surface area contributed by atoms with E-state index in [9.17, 15) is 4.79 Å². The van der Waals surface area contributed by atoms with Crippen molar-refractivity contribution in [2.45, 2.75) is 76.7 Å². The van der Waals surface area contributed by atoms with Crippen LogP contribution < -0.4 is 0 Å². The molecule has 0 amide bonds. The molecule has 2 aliphatic carbocycles. The molecular formula is C23H31N5O. The number of carbonyl (C=O) groups excluding carboxylic acids is 1. The molecule has 154 valence electrons. The van der Waals surface area contributed by atoms with Crippen LogP contribution >= 0.6 is 0 Å². The van der Waals surface area contributed by atoms with Gasteiger partial charge >= 0.3 is 0 Å². The maximum Gasteiger partial charge on any atom is 0.141 e. The molecule has 1 unspecified atom stereocenters. The second kappa shape index (κ2) is 9.81. The van der Waals surface area contributed by atoms with Crippen molar-refractivity contribution < 1.29 is 4.79 Å². The van der Waals surface area contributed by atoms with Crippen molar-refractivity contribution in [2.24, 2.45) is 5.92 Å². The molecule has 1 atom stereocenters. The van der Waals surface area contributed by atoms with E-state index in [1.165, 1.54) is 64.2 Å². The number of aromatic nitrogens is 5. The standard InChI is InChI=1S/C17H19N5O.C6H12/c23-8-6-15(12-3-1-2-4-12)22-10-13(9-21-22)16-14-5-7-18-17(14)20-11-19-16;1-2-4-6-5-3-1/h5,7-12,15H,1-4,6H2,(H,18,19,20);1-6H2. The molecule has 2 fully saturated rings. The Morgan fingerprint density at radius 3 is 2.48 bits per heavy atom. The number of nitrogens with one attached hydrogen (secondary N) is 1. The molecule has 0 saturated heterocycles. The van der Waals surface area contributed by atoms with E-state index in [2.05, 4.69) is 20.1 Å². The van der Waals surface area contributed by atoms with E-state index in [-0.39, 0.29) is 6.04 Å². The highest BCUT2D eigenvalue weighted by Gasteiger charge is 2.27. The lowest BCUT2D eigenvalue weighted by Crippen LogP contribution is -2.18. The van der Waals surface area contributed by atoms with Gasteiger partial charge in [0.15, 0.2) is 0 Å². The first-order valence-electron chi connectivity index (χ1n) is 11.1. The third-order valence-corrected chi connectivity index (χ3v) is 6.35. The topological polar surface area (TPSA) is 76.5 Å². The Bertz CT molecular complexity index is 893. The molecule has 0 aliphatic heterocycles. The van der Waals surface area contributed by atoms with Crippen LogP contribution in [0.3, 0.4) is 0 Å². The van der Waals surface area contributed by atoms with Crippen LogP contribution in [0.25, 0.3) is 22.3 Å². The summed E-state index contributed by atoms with van der Waals surface area (Å²) < 4.78 is 1.96. The molecule has 6 heteroatoms. The number of carbonyl (C=O) groups is 1. The summed E-state index contributed by atoms with van der Waals surface area (Å²) in [4.78, 5) is 22.8. The number of rotatable bonds is 5. The summed E-state index contributed by atoms with van der Waals surface area (Å²) >= 11 is 0. The average molecular weight is 394 g/mol. The Morgan fingerprint density at radius 1 is 1.07 bits per heavy atom. The monoisotopic (exact) mass is 393 g/mol. The Hall–Kier alpha value is -2.50. The number of fused-ring (bicyclic) bond motifs is 1. The highest BCUT2D eigenvalue weighted by atomic mass is 16.1. The SMILES string of the molecule is C1CCCCC1.O=CCC(C1CCCC1)n1cc(-c2ncnc3[nH]ccc23)cn1. The van der Waals surface area contributed by atoms with Crippen molar-refractivity contribution in [3.05, 3.63) is 31.0 Å². The average Bonchev–Trinajstić information content (AvgIpc) is 3.55. The molecule has 2 saturated carbocycles. The van der Waals surface area contributed by atoms with Gasteiger partial charge in [0.05, 0.1) is 17.9 Å². The highest BCUT2D eigenvalue weighted by Crippen LogP contribution is 2.36. The molecule has 0 bridgehead atoms. The lowest BCUT2D eigenvalue weighted by molar-refractivity contribution is -0.108. The van der Waals surface area contributed by atoms with Crippen molar-refractivity contribution >= 4 is 17.3 Å². The fourth-order valence-electron chi connectivity index (χ4n) is 4.76. The van der Waals surface area contributed by atoms with Crippen molar-refractivity contribution in [2.75, 3.05) is 0 Å². The maximum absolute atomic E-state index is 11.1. The number of hydrogen-bond donors (Lipinski definition) is 1. The van der Waals surface area contributed by atoms with Gasteiger partial charge in [-0.2, -0.15) is 5.10 Å². The van der Waals surface area contributed by atoms with Gasteiger partial charge in [0.2, 0.25) is 0 Å². The van der Waals surface area contributed by atoms with Gasteiger partial charge in [-0.05, 0) is 24.8 Å². The second-order valence-electron chi connectivity index (χ2n) is 8.31. The molecule has 29 heavy (non-hydrogen) atoms. The van der Waals surface area contributed by atoms with Crippen LogP contribution in [-0.2, 0) is 4.79 Å². The number of aldehydes is 1. The zero-order valence-corrected chi connectivity index (χ0v) is 17.1. The summed E-state index contributed by atoms with van der Waals surface area (Å²) in [5, 5.41) is 5.52. The van der Waals surface area contributed by atoms with Gasteiger partial charge in [0, 0.05) is 29.8 Å². The molecule has 3 aromatic heterocycles. The Morgan fingerprint density at radius 2 is 1.79 bits per heavy atom. The molecular weight excluding hydrogens is 362 g/mol. The fourth-order valence-corrected chi connectivity index (χ4v) is 4.76. The first-order valence-corrected chi connectivity index (χ1v) is 11.1. The highest BCUT2D eigenvalue weighted by molar-refractivity contribution is 5.89. The van der Waals surface area contributed by atoms with E-state index in [1.54, 1.807) is 6.33 Å². The van der Waals surface area contributed by atoms with Crippen molar-refractivity contribution in [1.29, 1.82) is 0 Å². The summed E-state index contributed by atoms with van der Waals surface area (Å²) in [5.41, 5.74) is 2.66. The Kier molecular flexibility index (Phi) is 6.70. The van der Waals surface area contributed by atoms with E-state index < -0.39 is 0 Å². The Labute approximate surface area is 172 Å². The quantitative estimate of drug-likeness (QED) is 0.582. The largest absolute Gasteiger partial charge is 0.346 e. The summed E-state index contributed by atoms with van der Waals surface area (Å²) in [7, 11) is 0. The van der Waals surface area contributed by atoms with Crippen LogP contribution in [0.1, 0.15) is 76.7 Å². The lowest BCUT2D eigenvalue weighted by atomic mass is 9.96. The van der Waals surface area contributed by atoms with Gasteiger partial charge in [0.1, 0.15) is 18.3 Å². The molecule has 0 aromatic carbocycles. The van der Waals surface area contributed by atoms with Gasteiger partial charge < -0.3 is 9.78 Å². The summed E-state index contributed by atoms with van der Waals surface area (Å²) in [5.74, 6) is 0.547.